The smallest absolute Gasteiger partial charge is 0.269 e. The second kappa shape index (κ2) is 10.3. The molecule has 0 amide bonds. The Labute approximate surface area is 176 Å². The molecule has 0 atom stereocenters. The highest BCUT2D eigenvalue weighted by Crippen LogP contribution is 2.13. The van der Waals surface area contributed by atoms with Gasteiger partial charge in [-0.15, -0.1) is 0 Å². The maximum absolute atomic E-state index is 10.7. The number of rotatable bonds is 9. The molecule has 0 spiro atoms. The van der Waals surface area contributed by atoms with Crippen LogP contribution in [0.5, 0.6) is 0 Å². The van der Waals surface area contributed by atoms with Crippen molar-refractivity contribution in [3.8, 4) is 0 Å². The third kappa shape index (κ3) is 5.99. The molecule has 0 saturated heterocycles. The van der Waals surface area contributed by atoms with E-state index in [1.165, 1.54) is 23.3 Å². The molecule has 6 nitrogen and oxygen atoms in total. The van der Waals surface area contributed by atoms with Gasteiger partial charge in [-0.25, -0.2) is 0 Å². The van der Waals surface area contributed by atoms with Gasteiger partial charge in [-0.2, -0.15) is 0 Å². The number of benzene rings is 3. The summed E-state index contributed by atoms with van der Waals surface area (Å²) in [4.78, 5) is 14.7. The van der Waals surface area contributed by atoms with Crippen molar-refractivity contribution in [1.29, 1.82) is 0 Å². The van der Waals surface area contributed by atoms with Crippen LogP contribution in [0.4, 0.5) is 5.69 Å². The number of hydrogen-bond donors (Lipinski definition) is 2. The van der Waals surface area contributed by atoms with Crippen molar-refractivity contribution < 1.29 is 4.92 Å². The summed E-state index contributed by atoms with van der Waals surface area (Å²) in [6, 6.07) is 23.1. The lowest BCUT2D eigenvalue weighted by molar-refractivity contribution is -0.384. The SMILES string of the molecule is NCc1ccc(CCc2ccc(C(N)=NCCc3ccc([N+](=O)[O-])cc3)cc2)cc1. The highest BCUT2D eigenvalue weighted by molar-refractivity contribution is 5.97. The summed E-state index contributed by atoms with van der Waals surface area (Å²) >= 11 is 0. The lowest BCUT2D eigenvalue weighted by Gasteiger charge is -2.06. The Balaban J connectivity index is 1.50. The van der Waals surface area contributed by atoms with E-state index in [-0.39, 0.29) is 5.69 Å². The average molecular weight is 402 g/mol. The highest BCUT2D eigenvalue weighted by atomic mass is 16.6. The van der Waals surface area contributed by atoms with Crippen molar-refractivity contribution in [2.24, 2.45) is 16.5 Å². The predicted molar refractivity (Wildman–Crippen MR) is 121 cm³/mol. The lowest BCUT2D eigenvalue weighted by atomic mass is 10.0. The van der Waals surface area contributed by atoms with Gasteiger partial charge in [-0.3, -0.25) is 15.1 Å². The van der Waals surface area contributed by atoms with E-state index in [0.717, 1.165) is 29.5 Å². The summed E-state index contributed by atoms with van der Waals surface area (Å²) in [5, 5.41) is 10.7. The van der Waals surface area contributed by atoms with Crippen LogP contribution in [0.3, 0.4) is 0 Å². The van der Waals surface area contributed by atoms with Gasteiger partial charge in [0, 0.05) is 30.8 Å². The number of nitrogens with zero attached hydrogens (tertiary/aromatic N) is 2. The second-order valence-corrected chi connectivity index (χ2v) is 7.16. The molecule has 4 N–H and O–H groups in total. The summed E-state index contributed by atoms with van der Waals surface area (Å²) in [5.41, 5.74) is 17.4. The Bertz CT molecular complexity index is 995. The fourth-order valence-electron chi connectivity index (χ4n) is 3.15. The van der Waals surface area contributed by atoms with Gasteiger partial charge in [0.15, 0.2) is 0 Å². The highest BCUT2D eigenvalue weighted by Gasteiger charge is 2.04. The topological polar surface area (TPSA) is 108 Å². The van der Waals surface area contributed by atoms with Crippen LogP contribution in [0.15, 0.2) is 77.8 Å². The van der Waals surface area contributed by atoms with Gasteiger partial charge < -0.3 is 11.5 Å². The zero-order valence-corrected chi connectivity index (χ0v) is 16.8. The van der Waals surface area contributed by atoms with Crippen molar-refractivity contribution in [3.63, 3.8) is 0 Å². The average Bonchev–Trinajstić information content (AvgIpc) is 2.78. The van der Waals surface area contributed by atoms with Crippen molar-refractivity contribution in [2.45, 2.75) is 25.8 Å². The Kier molecular flexibility index (Phi) is 7.29. The van der Waals surface area contributed by atoms with Gasteiger partial charge in [-0.1, -0.05) is 60.7 Å². The largest absolute Gasteiger partial charge is 0.384 e. The molecule has 3 aromatic carbocycles. The minimum absolute atomic E-state index is 0.0921. The molecular weight excluding hydrogens is 376 g/mol. The number of aryl methyl sites for hydroxylation is 2. The van der Waals surface area contributed by atoms with E-state index in [0.29, 0.717) is 25.3 Å². The standard InChI is InChI=1S/C24H26N4O2/c25-17-21-5-3-18(4-6-21)1-2-19-7-11-22(12-8-19)24(26)27-16-15-20-9-13-23(14-10-20)28(29)30/h3-14H,1-2,15-17,25H2,(H2,26,27). The first-order chi connectivity index (χ1) is 14.5. The Morgan fingerprint density at radius 3 is 1.77 bits per heavy atom. The van der Waals surface area contributed by atoms with E-state index in [1.807, 2.05) is 12.1 Å². The second-order valence-electron chi connectivity index (χ2n) is 7.16. The zero-order chi connectivity index (χ0) is 21.3. The third-order valence-electron chi connectivity index (χ3n) is 5.04. The predicted octanol–water partition coefficient (Wildman–Crippen LogP) is 3.79. The van der Waals surface area contributed by atoms with Crippen LogP contribution in [0.1, 0.15) is 27.8 Å². The van der Waals surface area contributed by atoms with Crippen LogP contribution in [0.2, 0.25) is 0 Å². The van der Waals surface area contributed by atoms with E-state index < -0.39 is 4.92 Å². The summed E-state index contributed by atoms with van der Waals surface area (Å²) < 4.78 is 0. The number of aliphatic imine (C=N–C) groups is 1. The van der Waals surface area contributed by atoms with Crippen molar-refractivity contribution in [1.82, 2.24) is 0 Å². The van der Waals surface area contributed by atoms with Gasteiger partial charge in [0.1, 0.15) is 5.84 Å². The molecule has 30 heavy (non-hydrogen) atoms. The molecule has 154 valence electrons. The quantitative estimate of drug-likeness (QED) is 0.246. The van der Waals surface area contributed by atoms with E-state index in [1.54, 1.807) is 12.1 Å². The van der Waals surface area contributed by atoms with E-state index >= 15 is 0 Å². The molecule has 0 heterocycles. The minimum Gasteiger partial charge on any atom is -0.384 e. The lowest BCUT2D eigenvalue weighted by Crippen LogP contribution is -2.14. The molecule has 0 aliphatic heterocycles. The number of amidine groups is 1. The molecule has 0 aliphatic rings. The maximum Gasteiger partial charge on any atom is 0.269 e. The maximum atomic E-state index is 10.7. The minimum atomic E-state index is -0.402. The fourth-order valence-corrected chi connectivity index (χ4v) is 3.15. The van der Waals surface area contributed by atoms with Crippen LogP contribution < -0.4 is 11.5 Å². The molecule has 0 aliphatic carbocycles. The molecule has 0 fully saturated rings. The molecule has 3 aromatic rings. The first-order valence-electron chi connectivity index (χ1n) is 9.95. The Morgan fingerprint density at radius 1 is 0.767 bits per heavy atom. The summed E-state index contributed by atoms with van der Waals surface area (Å²) in [5.74, 6) is 0.501. The van der Waals surface area contributed by atoms with Crippen LogP contribution >= 0.6 is 0 Å². The number of nitro groups is 1. The third-order valence-corrected chi connectivity index (χ3v) is 5.04. The van der Waals surface area contributed by atoms with Gasteiger partial charge >= 0.3 is 0 Å². The van der Waals surface area contributed by atoms with Crippen LogP contribution in [-0.4, -0.2) is 17.3 Å². The monoisotopic (exact) mass is 402 g/mol. The van der Waals surface area contributed by atoms with Gasteiger partial charge in [0.05, 0.1) is 4.92 Å². The summed E-state index contributed by atoms with van der Waals surface area (Å²) in [6.45, 7) is 1.10. The first kappa shape index (κ1) is 21.2. The molecule has 3 rings (SSSR count). The summed E-state index contributed by atoms with van der Waals surface area (Å²) in [7, 11) is 0. The molecule has 0 radical (unpaired) electrons. The van der Waals surface area contributed by atoms with Crippen molar-refractivity contribution in [3.05, 3.63) is 111 Å². The van der Waals surface area contributed by atoms with Gasteiger partial charge in [0.2, 0.25) is 0 Å². The molecule has 6 heteroatoms. The fraction of sp³-hybridized carbons (Fsp3) is 0.208. The van der Waals surface area contributed by atoms with E-state index in [2.05, 4.69) is 41.4 Å². The van der Waals surface area contributed by atoms with E-state index in [4.69, 9.17) is 11.5 Å². The van der Waals surface area contributed by atoms with Crippen molar-refractivity contribution in [2.75, 3.05) is 6.54 Å². The van der Waals surface area contributed by atoms with Crippen LogP contribution in [0.25, 0.3) is 0 Å². The Morgan fingerprint density at radius 2 is 1.23 bits per heavy atom. The number of non-ortho nitro benzene ring substituents is 1. The first-order valence-corrected chi connectivity index (χ1v) is 9.95. The molecule has 0 unspecified atom stereocenters. The van der Waals surface area contributed by atoms with Crippen LogP contribution in [-0.2, 0) is 25.8 Å². The van der Waals surface area contributed by atoms with Crippen LogP contribution in [0, 0.1) is 10.1 Å². The van der Waals surface area contributed by atoms with Crippen molar-refractivity contribution >= 4 is 11.5 Å². The number of hydrogen-bond acceptors (Lipinski definition) is 4. The van der Waals surface area contributed by atoms with Gasteiger partial charge in [0.25, 0.3) is 5.69 Å². The molecule has 0 saturated carbocycles. The number of nitrogens with two attached hydrogens (primary N) is 2. The number of nitro benzene ring substituents is 1. The zero-order valence-electron chi connectivity index (χ0n) is 16.8. The molecular formula is C24H26N4O2. The Hall–Kier alpha value is -3.51. The summed E-state index contributed by atoms with van der Waals surface area (Å²) in [6.07, 6.45) is 2.61. The molecule has 0 aromatic heterocycles. The van der Waals surface area contributed by atoms with Gasteiger partial charge in [-0.05, 0) is 41.5 Å². The normalized spacial score (nSPS) is 11.4. The van der Waals surface area contributed by atoms with E-state index in [9.17, 15) is 10.1 Å². The molecule has 0 bridgehead atoms.